The lowest BCUT2D eigenvalue weighted by molar-refractivity contribution is 0.449. The van der Waals surface area contributed by atoms with E-state index in [1.54, 1.807) is 6.07 Å². The Morgan fingerprint density at radius 2 is 1.78 bits per heavy atom. The number of fused-ring (bicyclic) bond motifs is 1. The summed E-state index contributed by atoms with van der Waals surface area (Å²) in [7, 11) is 0. The van der Waals surface area contributed by atoms with Gasteiger partial charge in [-0.25, -0.2) is 0 Å². The van der Waals surface area contributed by atoms with Gasteiger partial charge in [-0.3, -0.25) is 4.79 Å². The van der Waals surface area contributed by atoms with Gasteiger partial charge in [-0.05, 0) is 24.5 Å². The van der Waals surface area contributed by atoms with Gasteiger partial charge in [0.25, 0.3) is 0 Å². The van der Waals surface area contributed by atoms with E-state index in [9.17, 15) is 9.90 Å². The van der Waals surface area contributed by atoms with E-state index >= 15 is 0 Å². The highest BCUT2D eigenvalue weighted by atomic mass is 16.4. The molecule has 3 rings (SSSR count). The molecule has 0 unspecified atom stereocenters. The highest BCUT2D eigenvalue weighted by molar-refractivity contribution is 5.84. The van der Waals surface area contributed by atoms with Crippen LogP contribution in [-0.2, 0) is 6.42 Å². The summed E-state index contributed by atoms with van der Waals surface area (Å²) in [4.78, 5) is 12.7. The summed E-state index contributed by atoms with van der Waals surface area (Å²) >= 11 is 0. The van der Waals surface area contributed by atoms with E-state index in [1.165, 1.54) is 0 Å². The van der Waals surface area contributed by atoms with Crippen LogP contribution in [0.4, 0.5) is 0 Å². The van der Waals surface area contributed by atoms with Gasteiger partial charge >= 0.3 is 0 Å². The predicted octanol–water partition coefficient (Wildman–Crippen LogP) is 4.90. The first kappa shape index (κ1) is 15.3. The van der Waals surface area contributed by atoms with Crippen molar-refractivity contribution < 1.29 is 9.52 Å². The van der Waals surface area contributed by atoms with Gasteiger partial charge in [-0.1, -0.05) is 62.2 Å². The molecule has 0 radical (unpaired) electrons. The summed E-state index contributed by atoms with van der Waals surface area (Å²) in [5, 5.41) is 10.8. The highest BCUT2D eigenvalue weighted by Gasteiger charge is 2.17. The summed E-state index contributed by atoms with van der Waals surface area (Å²) < 4.78 is 5.86. The van der Waals surface area contributed by atoms with Crippen molar-refractivity contribution in [1.29, 1.82) is 0 Å². The van der Waals surface area contributed by atoms with Gasteiger partial charge in [-0.15, -0.1) is 0 Å². The third-order valence-corrected chi connectivity index (χ3v) is 4.07. The van der Waals surface area contributed by atoms with Crippen molar-refractivity contribution in [3.8, 4) is 17.1 Å². The minimum atomic E-state index is -0.350. The summed E-state index contributed by atoms with van der Waals surface area (Å²) in [6.45, 7) is 2.15. The minimum Gasteiger partial charge on any atom is -0.502 e. The van der Waals surface area contributed by atoms with Gasteiger partial charge in [0.15, 0.2) is 5.76 Å². The van der Waals surface area contributed by atoms with E-state index in [1.807, 2.05) is 42.5 Å². The van der Waals surface area contributed by atoms with Crippen LogP contribution in [0.2, 0.25) is 0 Å². The van der Waals surface area contributed by atoms with Crippen LogP contribution in [0.5, 0.6) is 5.75 Å². The number of benzene rings is 2. The number of hydrogen-bond acceptors (Lipinski definition) is 3. The third kappa shape index (κ3) is 3.00. The molecule has 0 saturated heterocycles. The minimum absolute atomic E-state index is 0.230. The van der Waals surface area contributed by atoms with Crippen molar-refractivity contribution in [2.75, 3.05) is 0 Å². The van der Waals surface area contributed by atoms with Crippen LogP contribution >= 0.6 is 0 Å². The maximum Gasteiger partial charge on any atom is 0.235 e. The second kappa shape index (κ2) is 6.69. The van der Waals surface area contributed by atoms with Gasteiger partial charge in [0.2, 0.25) is 11.2 Å². The maximum absolute atomic E-state index is 12.7. The molecule has 3 nitrogen and oxygen atoms in total. The molecule has 0 atom stereocenters. The molecular formula is C20H20O3. The molecular weight excluding hydrogens is 288 g/mol. The maximum atomic E-state index is 12.7. The monoisotopic (exact) mass is 308 g/mol. The average molecular weight is 308 g/mol. The molecule has 0 aliphatic rings. The van der Waals surface area contributed by atoms with E-state index in [0.29, 0.717) is 16.5 Å². The van der Waals surface area contributed by atoms with Gasteiger partial charge in [0.1, 0.15) is 5.58 Å². The van der Waals surface area contributed by atoms with Crippen LogP contribution in [0, 0.1) is 0 Å². The molecule has 2 aromatic carbocycles. The number of rotatable bonds is 5. The topological polar surface area (TPSA) is 50.4 Å². The van der Waals surface area contributed by atoms with Gasteiger partial charge < -0.3 is 9.52 Å². The summed E-state index contributed by atoms with van der Waals surface area (Å²) in [6.07, 6.45) is 4.09. The van der Waals surface area contributed by atoms with Crippen LogP contribution in [-0.4, -0.2) is 5.11 Å². The first-order chi connectivity index (χ1) is 11.2. The molecule has 3 heteroatoms. The highest BCUT2D eigenvalue weighted by Crippen LogP contribution is 2.31. The number of aryl methyl sites for hydroxylation is 1. The van der Waals surface area contributed by atoms with Gasteiger partial charge in [-0.2, -0.15) is 0 Å². The number of unbranched alkanes of at least 4 members (excludes halogenated alkanes) is 2. The van der Waals surface area contributed by atoms with Crippen molar-refractivity contribution in [3.05, 3.63) is 64.3 Å². The molecule has 0 amide bonds. The van der Waals surface area contributed by atoms with E-state index in [0.717, 1.165) is 31.2 Å². The Kier molecular flexibility index (Phi) is 4.47. The summed E-state index contributed by atoms with van der Waals surface area (Å²) in [6, 6.07) is 14.8. The van der Waals surface area contributed by atoms with Crippen LogP contribution in [0.25, 0.3) is 22.3 Å². The van der Waals surface area contributed by atoms with E-state index in [-0.39, 0.29) is 16.9 Å². The first-order valence-electron chi connectivity index (χ1n) is 8.05. The molecule has 3 aromatic rings. The Balaban J connectivity index is 2.15. The molecule has 118 valence electrons. The molecule has 0 aliphatic heterocycles. The summed E-state index contributed by atoms with van der Waals surface area (Å²) in [5.41, 5.74) is 1.82. The fourth-order valence-electron chi connectivity index (χ4n) is 2.86. The normalized spacial score (nSPS) is 11.0. The number of aromatic hydroxyl groups is 1. The van der Waals surface area contributed by atoms with Gasteiger partial charge in [0, 0.05) is 5.56 Å². The zero-order valence-corrected chi connectivity index (χ0v) is 13.2. The molecule has 0 fully saturated rings. The fraction of sp³-hybridized carbons (Fsp3) is 0.250. The average Bonchev–Trinajstić information content (AvgIpc) is 2.59. The molecule has 1 aromatic heterocycles. The Hall–Kier alpha value is -2.55. The lowest BCUT2D eigenvalue weighted by atomic mass is 10.0. The zero-order chi connectivity index (χ0) is 16.2. The molecule has 0 bridgehead atoms. The molecule has 0 aliphatic carbocycles. The predicted molar refractivity (Wildman–Crippen MR) is 92.8 cm³/mol. The van der Waals surface area contributed by atoms with Crippen molar-refractivity contribution in [2.24, 2.45) is 0 Å². The second-order valence-corrected chi connectivity index (χ2v) is 5.72. The Bertz CT molecular complexity index is 863. The van der Waals surface area contributed by atoms with E-state index in [4.69, 9.17) is 4.42 Å². The second-order valence-electron chi connectivity index (χ2n) is 5.72. The van der Waals surface area contributed by atoms with Crippen LogP contribution < -0.4 is 5.43 Å². The molecule has 23 heavy (non-hydrogen) atoms. The smallest absolute Gasteiger partial charge is 0.235 e. The van der Waals surface area contributed by atoms with E-state index < -0.39 is 0 Å². The summed E-state index contributed by atoms with van der Waals surface area (Å²) in [5.74, 6) is -0.0829. The molecule has 1 heterocycles. The third-order valence-electron chi connectivity index (χ3n) is 4.07. The zero-order valence-electron chi connectivity index (χ0n) is 13.2. The van der Waals surface area contributed by atoms with Crippen molar-refractivity contribution in [2.45, 2.75) is 32.6 Å². The van der Waals surface area contributed by atoms with Crippen LogP contribution in [0.15, 0.2) is 57.7 Å². The molecule has 1 N–H and O–H groups in total. The van der Waals surface area contributed by atoms with Crippen LogP contribution in [0.3, 0.4) is 0 Å². The van der Waals surface area contributed by atoms with Crippen molar-refractivity contribution >= 4 is 11.0 Å². The van der Waals surface area contributed by atoms with E-state index in [2.05, 4.69) is 6.92 Å². The lowest BCUT2D eigenvalue weighted by Gasteiger charge is -2.09. The van der Waals surface area contributed by atoms with Crippen molar-refractivity contribution in [1.82, 2.24) is 0 Å². The Morgan fingerprint density at radius 1 is 1.00 bits per heavy atom. The molecule has 0 spiro atoms. The Labute approximate surface area is 135 Å². The first-order valence-corrected chi connectivity index (χ1v) is 8.05. The largest absolute Gasteiger partial charge is 0.502 e. The Morgan fingerprint density at radius 3 is 2.52 bits per heavy atom. The SMILES string of the molecule is CCCCCc1cccc2oc(-c3ccccc3)c(O)c(=O)c12. The molecule has 0 saturated carbocycles. The quantitative estimate of drug-likeness (QED) is 0.682. The van der Waals surface area contributed by atoms with Gasteiger partial charge in [0.05, 0.1) is 5.39 Å². The number of hydrogen-bond donors (Lipinski definition) is 1. The van der Waals surface area contributed by atoms with Crippen molar-refractivity contribution in [3.63, 3.8) is 0 Å². The van der Waals surface area contributed by atoms with Crippen LogP contribution in [0.1, 0.15) is 31.7 Å². The standard InChI is InChI=1S/C20H20O3/c1-2-3-5-9-14-12-8-13-16-17(14)18(21)19(22)20(23-16)15-10-6-4-7-11-15/h4,6-8,10-13,22H,2-3,5,9H2,1H3. The fourth-order valence-corrected chi connectivity index (χ4v) is 2.86. The lowest BCUT2D eigenvalue weighted by Crippen LogP contribution is -2.06.